The van der Waals surface area contributed by atoms with Crippen LogP contribution in [0.4, 0.5) is 11.4 Å². The molecule has 2 aliphatic heterocycles. The number of anilines is 2. The molecule has 29 heavy (non-hydrogen) atoms. The number of nitrogens with zero attached hydrogens (tertiary/aromatic N) is 2. The van der Waals surface area contributed by atoms with Gasteiger partial charge in [-0.2, -0.15) is 0 Å². The Balaban J connectivity index is 1.63. The zero-order valence-electron chi connectivity index (χ0n) is 17.3. The number of hydrogen-bond donors (Lipinski definition) is 0. The van der Waals surface area contributed by atoms with Crippen LogP contribution in [-0.4, -0.2) is 25.5 Å². The quantitative estimate of drug-likeness (QED) is 0.732. The van der Waals surface area contributed by atoms with Gasteiger partial charge in [0.1, 0.15) is 5.75 Å². The largest absolute Gasteiger partial charge is 0.494 e. The molecule has 2 aliphatic rings. The summed E-state index contributed by atoms with van der Waals surface area (Å²) in [5.41, 5.74) is 3.80. The molecule has 2 aromatic rings. The Morgan fingerprint density at radius 2 is 1.79 bits per heavy atom. The van der Waals surface area contributed by atoms with E-state index in [1.165, 1.54) is 10.5 Å². The van der Waals surface area contributed by atoms with Crippen molar-refractivity contribution in [2.45, 2.75) is 32.6 Å². The second-order valence-corrected chi connectivity index (χ2v) is 8.06. The van der Waals surface area contributed by atoms with E-state index in [-0.39, 0.29) is 23.7 Å². The van der Waals surface area contributed by atoms with Crippen LogP contribution in [0.3, 0.4) is 0 Å². The summed E-state index contributed by atoms with van der Waals surface area (Å²) < 4.78 is 5.45. The Morgan fingerprint density at radius 3 is 2.45 bits per heavy atom. The average molecular weight is 390 g/mol. The van der Waals surface area contributed by atoms with Crippen molar-refractivity contribution in [2.75, 3.05) is 23.5 Å². The van der Waals surface area contributed by atoms with Gasteiger partial charge >= 0.3 is 0 Å². The van der Waals surface area contributed by atoms with Crippen LogP contribution < -0.4 is 14.5 Å². The molecule has 0 aromatic heterocycles. The second kappa shape index (κ2) is 7.07. The molecule has 4 rings (SSSR count). The van der Waals surface area contributed by atoms with Crippen LogP contribution in [0.5, 0.6) is 5.75 Å². The van der Waals surface area contributed by atoms with E-state index < -0.39 is 5.92 Å². The van der Waals surface area contributed by atoms with Crippen LogP contribution in [0.1, 0.15) is 32.8 Å². The van der Waals surface area contributed by atoms with Crippen molar-refractivity contribution in [1.82, 2.24) is 0 Å². The lowest BCUT2D eigenvalue weighted by atomic mass is 9.82. The Morgan fingerprint density at radius 1 is 1.10 bits per heavy atom. The van der Waals surface area contributed by atoms with Crippen molar-refractivity contribution < 1.29 is 14.3 Å². The molecule has 0 bridgehead atoms. The van der Waals surface area contributed by atoms with Gasteiger partial charge in [0.25, 0.3) is 0 Å². The number of hydrogen-bond acceptors (Lipinski definition) is 4. The summed E-state index contributed by atoms with van der Waals surface area (Å²) in [5.74, 6) is -0.0787. The number of para-hydroxylation sites is 1. The summed E-state index contributed by atoms with van der Waals surface area (Å²) >= 11 is 0. The molecule has 0 spiro atoms. The number of carbonyl (C=O) groups is 2. The Bertz CT molecular complexity index is 991. The minimum Gasteiger partial charge on any atom is -0.494 e. The first-order valence-corrected chi connectivity index (χ1v) is 9.99. The summed E-state index contributed by atoms with van der Waals surface area (Å²) in [7, 11) is 2.02. The number of likely N-dealkylation sites (N-methyl/N-ethyl adjacent to an activating group) is 1. The number of benzene rings is 2. The minimum absolute atomic E-state index is 0.169. The standard InChI is InChI=1S/C24H26N2O3/c1-5-29-18-12-10-17(11-13-18)26-22(27)15-16(23(26)28)14-21-24(2,3)19-8-6-7-9-20(19)25(21)4/h6-14,16H,5,15H2,1-4H3. The summed E-state index contributed by atoms with van der Waals surface area (Å²) in [6.07, 6.45) is 2.17. The zero-order valence-corrected chi connectivity index (χ0v) is 17.3. The van der Waals surface area contributed by atoms with Crippen molar-refractivity contribution in [3.63, 3.8) is 0 Å². The fourth-order valence-electron chi connectivity index (χ4n) is 4.41. The molecule has 2 amide bonds. The highest BCUT2D eigenvalue weighted by molar-refractivity contribution is 6.21. The average Bonchev–Trinajstić information content (AvgIpc) is 3.09. The first kappa shape index (κ1) is 19.2. The van der Waals surface area contributed by atoms with Gasteiger partial charge in [0.2, 0.25) is 11.8 Å². The number of allylic oxidation sites excluding steroid dienone is 1. The molecular formula is C24H26N2O3. The first-order valence-electron chi connectivity index (χ1n) is 9.99. The Kier molecular flexibility index (Phi) is 4.69. The van der Waals surface area contributed by atoms with E-state index in [1.54, 1.807) is 24.3 Å². The highest BCUT2D eigenvalue weighted by Crippen LogP contribution is 2.47. The maximum absolute atomic E-state index is 13.1. The topological polar surface area (TPSA) is 49.9 Å². The molecule has 1 saturated heterocycles. The van der Waals surface area contributed by atoms with Crippen LogP contribution in [0.15, 0.2) is 60.3 Å². The van der Waals surface area contributed by atoms with E-state index in [2.05, 4.69) is 30.9 Å². The lowest BCUT2D eigenvalue weighted by Crippen LogP contribution is -2.31. The molecule has 0 aliphatic carbocycles. The van der Waals surface area contributed by atoms with Gasteiger partial charge in [-0.05, 0) is 42.8 Å². The van der Waals surface area contributed by atoms with E-state index in [1.807, 2.05) is 32.2 Å². The number of fused-ring (bicyclic) bond motifs is 1. The van der Waals surface area contributed by atoms with E-state index >= 15 is 0 Å². The van der Waals surface area contributed by atoms with Crippen molar-refractivity contribution in [3.05, 3.63) is 65.9 Å². The SMILES string of the molecule is CCOc1ccc(N2C(=O)CC(C=C3N(C)c4ccccc4C3(C)C)C2=O)cc1. The second-order valence-electron chi connectivity index (χ2n) is 8.06. The van der Waals surface area contributed by atoms with Crippen molar-refractivity contribution in [3.8, 4) is 5.75 Å². The predicted molar refractivity (Wildman–Crippen MR) is 114 cm³/mol. The summed E-state index contributed by atoms with van der Waals surface area (Å²) in [6.45, 7) is 6.81. The smallest absolute Gasteiger partial charge is 0.241 e. The van der Waals surface area contributed by atoms with Crippen LogP contribution in [-0.2, 0) is 15.0 Å². The molecule has 2 heterocycles. The third-order valence-corrected chi connectivity index (χ3v) is 5.89. The Labute approximate surface area is 171 Å². The lowest BCUT2D eigenvalue weighted by Gasteiger charge is -2.25. The number of amides is 2. The fraction of sp³-hybridized carbons (Fsp3) is 0.333. The van der Waals surface area contributed by atoms with E-state index in [0.717, 1.165) is 17.1 Å². The molecule has 1 unspecified atom stereocenters. The van der Waals surface area contributed by atoms with Crippen molar-refractivity contribution in [1.29, 1.82) is 0 Å². The first-order chi connectivity index (χ1) is 13.8. The van der Waals surface area contributed by atoms with Gasteiger partial charge in [-0.15, -0.1) is 0 Å². The van der Waals surface area contributed by atoms with Crippen LogP contribution in [0.25, 0.3) is 0 Å². The van der Waals surface area contributed by atoms with Gasteiger partial charge in [-0.25, -0.2) is 0 Å². The van der Waals surface area contributed by atoms with Gasteiger partial charge in [0, 0.05) is 30.3 Å². The lowest BCUT2D eigenvalue weighted by molar-refractivity contribution is -0.121. The van der Waals surface area contributed by atoms with Gasteiger partial charge in [0.15, 0.2) is 0 Å². The van der Waals surface area contributed by atoms with Crippen LogP contribution in [0.2, 0.25) is 0 Å². The molecule has 0 radical (unpaired) electrons. The molecule has 1 fully saturated rings. The molecule has 2 aromatic carbocycles. The van der Waals surface area contributed by atoms with E-state index in [9.17, 15) is 9.59 Å². The maximum atomic E-state index is 13.1. The van der Waals surface area contributed by atoms with Crippen molar-refractivity contribution >= 4 is 23.2 Å². The number of carbonyl (C=O) groups excluding carboxylic acids is 2. The number of ether oxygens (including phenoxy) is 1. The zero-order chi connectivity index (χ0) is 20.8. The maximum Gasteiger partial charge on any atom is 0.241 e. The monoisotopic (exact) mass is 390 g/mol. The molecule has 0 saturated carbocycles. The van der Waals surface area contributed by atoms with E-state index in [0.29, 0.717) is 12.3 Å². The molecule has 5 nitrogen and oxygen atoms in total. The Hall–Kier alpha value is -3.08. The summed E-state index contributed by atoms with van der Waals surface area (Å²) in [6, 6.07) is 15.4. The summed E-state index contributed by atoms with van der Waals surface area (Å²) in [5, 5.41) is 0. The normalized spacial score (nSPS) is 21.8. The van der Waals surface area contributed by atoms with Gasteiger partial charge in [0.05, 0.1) is 18.2 Å². The minimum atomic E-state index is -0.458. The predicted octanol–water partition coefficient (Wildman–Crippen LogP) is 4.28. The molecule has 150 valence electrons. The molecule has 1 atom stereocenters. The van der Waals surface area contributed by atoms with Gasteiger partial charge in [-0.1, -0.05) is 38.1 Å². The highest BCUT2D eigenvalue weighted by atomic mass is 16.5. The highest BCUT2D eigenvalue weighted by Gasteiger charge is 2.43. The van der Waals surface area contributed by atoms with Crippen molar-refractivity contribution in [2.24, 2.45) is 5.92 Å². The molecule has 5 heteroatoms. The van der Waals surface area contributed by atoms with Gasteiger partial charge < -0.3 is 9.64 Å². The van der Waals surface area contributed by atoms with E-state index in [4.69, 9.17) is 4.74 Å². The molecule has 0 N–H and O–H groups in total. The van der Waals surface area contributed by atoms with Crippen LogP contribution >= 0.6 is 0 Å². The summed E-state index contributed by atoms with van der Waals surface area (Å²) in [4.78, 5) is 29.2. The fourth-order valence-corrected chi connectivity index (χ4v) is 4.41. The third kappa shape index (κ3) is 3.11. The van der Waals surface area contributed by atoms with Gasteiger partial charge in [-0.3, -0.25) is 14.5 Å². The number of imide groups is 1. The van der Waals surface area contributed by atoms with Crippen LogP contribution in [0, 0.1) is 5.92 Å². The third-order valence-electron chi connectivity index (χ3n) is 5.89. The number of rotatable bonds is 4. The molecular weight excluding hydrogens is 364 g/mol.